The zero-order valence-corrected chi connectivity index (χ0v) is 13.2. The van der Waals surface area contributed by atoms with E-state index in [0.717, 1.165) is 11.0 Å². The largest absolute Gasteiger partial charge is 0.370 e. The smallest absolute Gasteiger partial charge is 0.250 e. The number of nitrogens with two attached hydrogens (primary N) is 2. The first kappa shape index (κ1) is 16.6. The Morgan fingerprint density at radius 3 is 2.80 bits per heavy atom. The number of hydrogen-bond donors (Lipinski definition) is 4. The van der Waals surface area contributed by atoms with Crippen LogP contribution >= 0.6 is 0 Å². The lowest BCUT2D eigenvalue weighted by atomic mass is 10.2. The van der Waals surface area contributed by atoms with Crippen molar-refractivity contribution in [2.45, 2.75) is 18.9 Å². The van der Waals surface area contributed by atoms with Crippen molar-refractivity contribution in [1.29, 1.82) is 0 Å². The van der Waals surface area contributed by atoms with Gasteiger partial charge in [-0.2, -0.15) is 4.98 Å². The number of carbonyl (C=O) groups is 2. The second-order valence-electron chi connectivity index (χ2n) is 5.39. The fraction of sp³-hybridized carbons (Fsp3) is 0.267. The minimum absolute atomic E-state index is 0.0691. The molecule has 0 bridgehead atoms. The molecule has 1 atom stereocenters. The van der Waals surface area contributed by atoms with Crippen molar-refractivity contribution in [1.82, 2.24) is 25.4 Å². The Morgan fingerprint density at radius 1 is 1.28 bits per heavy atom. The highest BCUT2D eigenvalue weighted by molar-refractivity contribution is 5.79. The number of imidazole rings is 1. The van der Waals surface area contributed by atoms with E-state index in [-0.39, 0.29) is 37.0 Å². The minimum atomic E-state index is -0.817. The van der Waals surface area contributed by atoms with Crippen LogP contribution in [-0.2, 0) is 9.59 Å². The molecule has 3 aromatic rings. The Balaban J connectivity index is 1.85. The number of carbonyl (C=O) groups excluding carboxylic acids is 2. The van der Waals surface area contributed by atoms with E-state index in [0.29, 0.717) is 5.82 Å². The maximum Gasteiger partial charge on any atom is 0.250 e. The van der Waals surface area contributed by atoms with Gasteiger partial charge in [0.05, 0.1) is 17.5 Å². The Labute approximate surface area is 142 Å². The third kappa shape index (κ3) is 3.80. The average molecular weight is 343 g/mol. The van der Waals surface area contributed by atoms with Gasteiger partial charge in [0.25, 0.3) is 0 Å². The summed E-state index contributed by atoms with van der Waals surface area (Å²) in [6.45, 7) is 0.184. The lowest BCUT2D eigenvalue weighted by Crippen LogP contribution is -2.33. The van der Waals surface area contributed by atoms with Crippen LogP contribution in [-0.4, -0.2) is 38.5 Å². The van der Waals surface area contributed by atoms with Crippen LogP contribution in [0.2, 0.25) is 0 Å². The van der Waals surface area contributed by atoms with E-state index < -0.39 is 11.9 Å². The highest BCUT2D eigenvalue weighted by Crippen LogP contribution is 2.21. The van der Waals surface area contributed by atoms with Crippen LogP contribution in [0.4, 0.5) is 0 Å². The second kappa shape index (κ2) is 7.09. The molecule has 130 valence electrons. The van der Waals surface area contributed by atoms with Gasteiger partial charge in [0.15, 0.2) is 5.82 Å². The van der Waals surface area contributed by atoms with E-state index in [1.54, 1.807) is 0 Å². The van der Waals surface area contributed by atoms with Crippen molar-refractivity contribution in [3.05, 3.63) is 30.2 Å². The fourth-order valence-electron chi connectivity index (χ4n) is 2.33. The number of nitrogens with one attached hydrogen (secondary N) is 2. The van der Waals surface area contributed by atoms with Gasteiger partial charge in [0.2, 0.25) is 23.5 Å². The van der Waals surface area contributed by atoms with E-state index in [1.165, 1.54) is 0 Å². The molecule has 0 aliphatic carbocycles. The summed E-state index contributed by atoms with van der Waals surface area (Å²) in [5.74, 6) is -0.241. The first-order valence-electron chi connectivity index (χ1n) is 7.63. The predicted molar refractivity (Wildman–Crippen MR) is 87.8 cm³/mol. The second-order valence-corrected chi connectivity index (χ2v) is 5.39. The maximum atomic E-state index is 11.8. The SMILES string of the molecule is NCCC(=O)N[C@H](CC(N)=O)c1nc(-c2nc3ccccc3[nH]2)no1. The third-order valence-corrected chi connectivity index (χ3v) is 3.45. The van der Waals surface area contributed by atoms with Crippen molar-refractivity contribution in [3.63, 3.8) is 0 Å². The van der Waals surface area contributed by atoms with Gasteiger partial charge in [-0.15, -0.1) is 0 Å². The van der Waals surface area contributed by atoms with Gasteiger partial charge in [-0.05, 0) is 12.1 Å². The molecule has 6 N–H and O–H groups in total. The highest BCUT2D eigenvalue weighted by Gasteiger charge is 2.24. The molecule has 0 fully saturated rings. The molecule has 0 saturated carbocycles. The Bertz CT molecular complexity index is 868. The molecule has 3 rings (SSSR count). The third-order valence-electron chi connectivity index (χ3n) is 3.45. The monoisotopic (exact) mass is 343 g/mol. The number of rotatable bonds is 7. The number of aromatic amines is 1. The van der Waals surface area contributed by atoms with Crippen LogP contribution in [0.15, 0.2) is 28.8 Å². The summed E-state index contributed by atoms with van der Waals surface area (Å²) < 4.78 is 5.18. The van der Waals surface area contributed by atoms with Crippen LogP contribution in [0.1, 0.15) is 24.8 Å². The van der Waals surface area contributed by atoms with Crippen LogP contribution in [0.3, 0.4) is 0 Å². The molecule has 2 amide bonds. The van der Waals surface area contributed by atoms with E-state index in [1.807, 2.05) is 24.3 Å². The number of H-pyrrole nitrogens is 1. The number of para-hydroxylation sites is 2. The van der Waals surface area contributed by atoms with Gasteiger partial charge < -0.3 is 26.3 Å². The first-order chi connectivity index (χ1) is 12.1. The number of amides is 2. The number of primary amides is 1. The minimum Gasteiger partial charge on any atom is -0.370 e. The fourth-order valence-corrected chi connectivity index (χ4v) is 2.33. The summed E-state index contributed by atoms with van der Waals surface area (Å²) in [4.78, 5) is 34.7. The van der Waals surface area contributed by atoms with Crippen LogP contribution in [0.5, 0.6) is 0 Å². The van der Waals surface area contributed by atoms with Gasteiger partial charge in [-0.25, -0.2) is 4.98 Å². The Hall–Kier alpha value is -3.27. The van der Waals surface area contributed by atoms with E-state index in [2.05, 4.69) is 25.4 Å². The van der Waals surface area contributed by atoms with E-state index >= 15 is 0 Å². The average Bonchev–Trinajstić information content (AvgIpc) is 3.20. The molecule has 0 aliphatic heterocycles. The summed E-state index contributed by atoms with van der Waals surface area (Å²) >= 11 is 0. The molecule has 0 radical (unpaired) electrons. The first-order valence-corrected chi connectivity index (χ1v) is 7.63. The van der Waals surface area contributed by atoms with Crippen LogP contribution in [0, 0.1) is 0 Å². The van der Waals surface area contributed by atoms with Gasteiger partial charge in [0.1, 0.15) is 6.04 Å². The summed E-state index contributed by atoms with van der Waals surface area (Å²) in [5, 5.41) is 6.47. The number of hydrogen-bond acceptors (Lipinski definition) is 7. The molecular weight excluding hydrogens is 326 g/mol. The van der Waals surface area contributed by atoms with Crippen LogP contribution in [0.25, 0.3) is 22.7 Å². The Morgan fingerprint density at radius 2 is 2.08 bits per heavy atom. The molecule has 10 heteroatoms. The molecule has 0 unspecified atom stereocenters. The lowest BCUT2D eigenvalue weighted by molar-refractivity contribution is -0.122. The number of aromatic nitrogens is 4. The Kier molecular flexibility index (Phi) is 4.70. The van der Waals surface area contributed by atoms with Gasteiger partial charge in [-0.1, -0.05) is 17.3 Å². The van der Waals surface area contributed by atoms with Crippen molar-refractivity contribution in [3.8, 4) is 11.6 Å². The normalized spacial score (nSPS) is 12.2. The van der Waals surface area contributed by atoms with Crippen molar-refractivity contribution in [2.24, 2.45) is 11.5 Å². The summed E-state index contributed by atoms with van der Waals surface area (Å²) in [6.07, 6.45) is -0.0576. The standard InChI is InChI=1S/C15H17N7O3/c16-6-5-12(24)18-10(7-11(17)23)15-21-14(22-25-15)13-19-8-3-1-2-4-9(8)20-13/h1-4,10H,5-7,16H2,(H2,17,23)(H,18,24)(H,19,20)/t10-/m1/s1. The van der Waals surface area contributed by atoms with Crippen molar-refractivity contribution >= 4 is 22.8 Å². The highest BCUT2D eigenvalue weighted by atomic mass is 16.5. The summed E-state index contributed by atoms with van der Waals surface area (Å²) in [7, 11) is 0. The summed E-state index contributed by atoms with van der Waals surface area (Å²) in [6, 6.07) is 6.64. The molecule has 1 aromatic carbocycles. The van der Waals surface area contributed by atoms with Gasteiger partial charge in [-0.3, -0.25) is 9.59 Å². The maximum absolute atomic E-state index is 11.8. The quantitative estimate of drug-likeness (QED) is 0.468. The molecule has 0 saturated heterocycles. The molecule has 0 spiro atoms. The summed E-state index contributed by atoms with van der Waals surface area (Å²) in [5.41, 5.74) is 12.2. The predicted octanol–water partition coefficient (Wildman–Crippen LogP) is -0.00560. The van der Waals surface area contributed by atoms with Crippen molar-refractivity contribution < 1.29 is 14.1 Å². The molecule has 0 aliphatic rings. The van der Waals surface area contributed by atoms with E-state index in [4.69, 9.17) is 16.0 Å². The zero-order valence-electron chi connectivity index (χ0n) is 13.2. The number of fused-ring (bicyclic) bond motifs is 1. The van der Waals surface area contributed by atoms with E-state index in [9.17, 15) is 9.59 Å². The molecular formula is C15H17N7O3. The van der Waals surface area contributed by atoms with Crippen LogP contribution < -0.4 is 16.8 Å². The van der Waals surface area contributed by atoms with Crippen molar-refractivity contribution in [2.75, 3.05) is 6.54 Å². The molecule has 2 heterocycles. The molecule has 25 heavy (non-hydrogen) atoms. The zero-order chi connectivity index (χ0) is 17.8. The molecule has 2 aromatic heterocycles. The molecule has 10 nitrogen and oxygen atoms in total. The number of benzene rings is 1. The van der Waals surface area contributed by atoms with Gasteiger partial charge >= 0.3 is 0 Å². The lowest BCUT2D eigenvalue weighted by Gasteiger charge is -2.12. The number of nitrogens with zero attached hydrogens (tertiary/aromatic N) is 3. The topological polar surface area (TPSA) is 166 Å². The van der Waals surface area contributed by atoms with Gasteiger partial charge in [0, 0.05) is 13.0 Å².